The number of rotatable bonds is 8. The molecule has 0 saturated heterocycles. The van der Waals surface area contributed by atoms with Crippen molar-refractivity contribution in [1.82, 2.24) is 10.3 Å². The molecule has 0 atom stereocenters. The summed E-state index contributed by atoms with van der Waals surface area (Å²) in [4.78, 5) is 17.4. The average molecular weight is 400 g/mol. The van der Waals surface area contributed by atoms with E-state index in [1.807, 2.05) is 24.3 Å². The minimum Gasteiger partial charge on any atom is -0.497 e. The molecule has 0 saturated carbocycles. The number of nitrogens with one attached hydrogen (secondary N) is 1. The summed E-state index contributed by atoms with van der Waals surface area (Å²) in [5.41, 5.74) is 1.79. The van der Waals surface area contributed by atoms with Crippen LogP contribution in [0.4, 0.5) is 4.39 Å². The molecule has 0 aliphatic carbocycles. The number of amides is 1. The third-order valence-corrected chi connectivity index (χ3v) is 5.21. The quantitative estimate of drug-likeness (QED) is 0.617. The maximum absolute atomic E-state index is 12.9. The Bertz CT molecular complexity index is 924. The SMILES string of the molecule is COc1ccc(CCNC(=O)c2sc(COc3ccc(F)cc3)nc2C)cc1. The molecule has 28 heavy (non-hydrogen) atoms. The zero-order valence-electron chi connectivity index (χ0n) is 15.7. The Labute approximate surface area is 167 Å². The molecule has 0 radical (unpaired) electrons. The first-order valence-electron chi connectivity index (χ1n) is 8.81. The summed E-state index contributed by atoms with van der Waals surface area (Å²) in [6.07, 6.45) is 0.730. The number of benzene rings is 2. The highest BCUT2D eigenvalue weighted by Gasteiger charge is 2.15. The van der Waals surface area contributed by atoms with E-state index in [-0.39, 0.29) is 18.3 Å². The lowest BCUT2D eigenvalue weighted by Gasteiger charge is -2.05. The number of methoxy groups -OCH3 is 1. The van der Waals surface area contributed by atoms with Gasteiger partial charge in [-0.05, 0) is 55.3 Å². The minimum atomic E-state index is -0.314. The number of nitrogens with zero attached hydrogens (tertiary/aromatic N) is 1. The Hall–Kier alpha value is -2.93. The van der Waals surface area contributed by atoms with Gasteiger partial charge in [-0.1, -0.05) is 12.1 Å². The van der Waals surface area contributed by atoms with Crippen molar-refractivity contribution in [2.45, 2.75) is 20.0 Å². The van der Waals surface area contributed by atoms with Crippen molar-refractivity contribution < 1.29 is 18.7 Å². The molecule has 1 aromatic heterocycles. The molecular weight excluding hydrogens is 379 g/mol. The van der Waals surface area contributed by atoms with Crippen LogP contribution in [0.1, 0.15) is 25.9 Å². The number of carbonyl (C=O) groups excluding carboxylic acids is 1. The average Bonchev–Trinajstić information content (AvgIpc) is 3.09. The van der Waals surface area contributed by atoms with Crippen LogP contribution in [0, 0.1) is 12.7 Å². The summed E-state index contributed by atoms with van der Waals surface area (Å²) in [6.45, 7) is 2.57. The Kier molecular flexibility index (Phi) is 6.60. The van der Waals surface area contributed by atoms with Gasteiger partial charge in [0.1, 0.15) is 33.8 Å². The van der Waals surface area contributed by atoms with E-state index < -0.39 is 0 Å². The zero-order chi connectivity index (χ0) is 19.9. The van der Waals surface area contributed by atoms with Crippen LogP contribution in [0.2, 0.25) is 0 Å². The van der Waals surface area contributed by atoms with Crippen LogP contribution >= 0.6 is 11.3 Å². The molecule has 0 fully saturated rings. The Morgan fingerprint density at radius 3 is 2.46 bits per heavy atom. The van der Waals surface area contributed by atoms with Crippen molar-refractivity contribution in [2.75, 3.05) is 13.7 Å². The van der Waals surface area contributed by atoms with Crippen molar-refractivity contribution in [1.29, 1.82) is 0 Å². The first-order chi connectivity index (χ1) is 13.5. The number of hydrogen-bond donors (Lipinski definition) is 1. The molecule has 1 amide bonds. The van der Waals surface area contributed by atoms with E-state index in [0.29, 0.717) is 27.9 Å². The predicted molar refractivity (Wildman–Crippen MR) is 107 cm³/mol. The normalized spacial score (nSPS) is 10.5. The second-order valence-electron chi connectivity index (χ2n) is 6.12. The molecule has 1 heterocycles. The smallest absolute Gasteiger partial charge is 0.263 e. The molecule has 0 spiro atoms. The highest BCUT2D eigenvalue weighted by molar-refractivity contribution is 7.13. The monoisotopic (exact) mass is 400 g/mol. The van der Waals surface area contributed by atoms with Gasteiger partial charge in [-0.15, -0.1) is 11.3 Å². The van der Waals surface area contributed by atoms with Gasteiger partial charge in [-0.3, -0.25) is 4.79 Å². The Morgan fingerprint density at radius 1 is 1.11 bits per heavy atom. The fourth-order valence-corrected chi connectivity index (χ4v) is 3.49. The number of hydrogen-bond acceptors (Lipinski definition) is 5. The predicted octanol–water partition coefficient (Wildman–Crippen LogP) is 4.15. The summed E-state index contributed by atoms with van der Waals surface area (Å²) in [6, 6.07) is 13.6. The van der Waals surface area contributed by atoms with Gasteiger partial charge in [-0.25, -0.2) is 9.37 Å². The van der Waals surface area contributed by atoms with Crippen LogP contribution in [0.3, 0.4) is 0 Å². The van der Waals surface area contributed by atoms with E-state index >= 15 is 0 Å². The molecule has 0 aliphatic heterocycles. The number of thiazole rings is 1. The summed E-state index contributed by atoms with van der Waals surface area (Å²) in [5, 5.41) is 3.62. The van der Waals surface area contributed by atoms with Gasteiger partial charge >= 0.3 is 0 Å². The second kappa shape index (κ2) is 9.32. The summed E-state index contributed by atoms with van der Waals surface area (Å²) in [5.74, 6) is 0.908. The third-order valence-electron chi connectivity index (χ3n) is 4.08. The molecule has 146 valence electrons. The first-order valence-corrected chi connectivity index (χ1v) is 9.62. The van der Waals surface area contributed by atoms with E-state index in [1.54, 1.807) is 26.2 Å². The Morgan fingerprint density at radius 2 is 1.79 bits per heavy atom. The van der Waals surface area contributed by atoms with Crippen molar-refractivity contribution in [2.24, 2.45) is 0 Å². The van der Waals surface area contributed by atoms with E-state index in [1.165, 1.54) is 23.5 Å². The van der Waals surface area contributed by atoms with E-state index in [4.69, 9.17) is 9.47 Å². The summed E-state index contributed by atoms with van der Waals surface area (Å²) in [7, 11) is 1.63. The van der Waals surface area contributed by atoms with Gasteiger partial charge in [0.15, 0.2) is 0 Å². The maximum Gasteiger partial charge on any atom is 0.263 e. The van der Waals surface area contributed by atoms with Crippen LogP contribution in [0.5, 0.6) is 11.5 Å². The van der Waals surface area contributed by atoms with Gasteiger partial charge < -0.3 is 14.8 Å². The zero-order valence-corrected chi connectivity index (χ0v) is 16.5. The first kappa shape index (κ1) is 19.8. The van der Waals surface area contributed by atoms with Crippen molar-refractivity contribution in [3.63, 3.8) is 0 Å². The summed E-state index contributed by atoms with van der Waals surface area (Å²) >= 11 is 1.30. The minimum absolute atomic E-state index is 0.142. The topological polar surface area (TPSA) is 60.5 Å². The number of halogens is 1. The van der Waals surface area contributed by atoms with Crippen molar-refractivity contribution in [3.8, 4) is 11.5 Å². The lowest BCUT2D eigenvalue weighted by atomic mass is 10.1. The van der Waals surface area contributed by atoms with Gasteiger partial charge in [0, 0.05) is 6.54 Å². The molecule has 0 unspecified atom stereocenters. The molecule has 2 aromatic carbocycles. The van der Waals surface area contributed by atoms with Crippen LogP contribution in [-0.4, -0.2) is 24.5 Å². The lowest BCUT2D eigenvalue weighted by molar-refractivity contribution is 0.0957. The molecular formula is C21H21FN2O3S. The van der Waals surface area contributed by atoms with Crippen molar-refractivity contribution in [3.05, 3.63) is 75.5 Å². The van der Waals surface area contributed by atoms with Crippen LogP contribution in [0.15, 0.2) is 48.5 Å². The number of aryl methyl sites for hydroxylation is 1. The number of aromatic nitrogens is 1. The third kappa shape index (κ3) is 5.29. The fraction of sp³-hybridized carbons (Fsp3) is 0.238. The van der Waals surface area contributed by atoms with E-state index in [0.717, 1.165) is 17.7 Å². The highest BCUT2D eigenvalue weighted by Crippen LogP contribution is 2.20. The fourth-order valence-electron chi connectivity index (χ4n) is 2.59. The lowest BCUT2D eigenvalue weighted by Crippen LogP contribution is -2.25. The molecule has 7 heteroatoms. The standard InChI is InChI=1S/C21H21FN2O3S/c1-14-20(21(25)23-12-11-15-3-7-17(26-2)8-4-15)28-19(24-14)13-27-18-9-5-16(22)6-10-18/h3-10H,11-13H2,1-2H3,(H,23,25). The molecule has 0 aliphatic rings. The van der Waals surface area contributed by atoms with E-state index in [9.17, 15) is 9.18 Å². The van der Waals surface area contributed by atoms with Crippen LogP contribution in [-0.2, 0) is 13.0 Å². The highest BCUT2D eigenvalue weighted by atomic mass is 32.1. The largest absolute Gasteiger partial charge is 0.497 e. The number of ether oxygens (including phenoxy) is 2. The van der Waals surface area contributed by atoms with Crippen LogP contribution < -0.4 is 14.8 Å². The van der Waals surface area contributed by atoms with Crippen LogP contribution in [0.25, 0.3) is 0 Å². The van der Waals surface area contributed by atoms with Crippen molar-refractivity contribution >= 4 is 17.2 Å². The molecule has 3 rings (SSSR count). The van der Waals surface area contributed by atoms with Gasteiger partial charge in [-0.2, -0.15) is 0 Å². The van der Waals surface area contributed by atoms with E-state index in [2.05, 4.69) is 10.3 Å². The Balaban J connectivity index is 1.51. The second-order valence-corrected chi connectivity index (χ2v) is 7.20. The molecule has 1 N–H and O–H groups in total. The molecule has 0 bridgehead atoms. The van der Waals surface area contributed by atoms with Gasteiger partial charge in [0.25, 0.3) is 5.91 Å². The molecule has 5 nitrogen and oxygen atoms in total. The van der Waals surface area contributed by atoms with Gasteiger partial charge in [0.05, 0.1) is 12.8 Å². The number of carbonyl (C=O) groups is 1. The maximum atomic E-state index is 12.9. The van der Waals surface area contributed by atoms with Gasteiger partial charge in [0.2, 0.25) is 0 Å². The summed E-state index contributed by atoms with van der Waals surface area (Å²) < 4.78 is 23.7. The molecule has 3 aromatic rings.